The first-order chi connectivity index (χ1) is 13.1. The first-order valence-electron chi connectivity index (χ1n) is 8.54. The predicted octanol–water partition coefficient (Wildman–Crippen LogP) is 1.77. The zero-order chi connectivity index (χ0) is 20.5. The average molecular weight is 465 g/mol. The summed E-state index contributed by atoms with van der Waals surface area (Å²) in [5.41, 5.74) is -0.278. The van der Waals surface area contributed by atoms with Gasteiger partial charge < -0.3 is 4.90 Å². The molecule has 28 heavy (non-hydrogen) atoms. The summed E-state index contributed by atoms with van der Waals surface area (Å²) in [6.45, 7) is 7.16. The van der Waals surface area contributed by atoms with E-state index < -0.39 is 10.0 Å². The van der Waals surface area contributed by atoms with Gasteiger partial charge in [0.05, 0.1) is 15.6 Å². The second kappa shape index (κ2) is 8.27. The average Bonchev–Trinajstić information content (AvgIpc) is 3.28. The lowest BCUT2D eigenvalue weighted by Crippen LogP contribution is -2.50. The van der Waals surface area contributed by atoms with Gasteiger partial charge in [-0.2, -0.15) is 4.31 Å². The monoisotopic (exact) mass is 464 g/mol. The first-order valence-corrected chi connectivity index (χ1v) is 12.2. The van der Waals surface area contributed by atoms with Crippen LogP contribution in [0.25, 0.3) is 0 Å². The second-order valence-electron chi connectivity index (χ2n) is 7.18. The van der Waals surface area contributed by atoms with Gasteiger partial charge in [0.25, 0.3) is 10.0 Å². The number of thioether (sulfide) groups is 1. The van der Waals surface area contributed by atoms with Crippen molar-refractivity contribution in [3.05, 3.63) is 16.5 Å². The van der Waals surface area contributed by atoms with Crippen molar-refractivity contribution in [2.75, 3.05) is 31.9 Å². The number of carbonyl (C=O) groups excluding carboxylic acids is 1. The van der Waals surface area contributed by atoms with E-state index in [4.69, 9.17) is 11.6 Å². The number of rotatable bonds is 5. The van der Waals surface area contributed by atoms with Crippen molar-refractivity contribution in [2.45, 2.75) is 35.7 Å². The number of carbonyl (C=O) groups is 1. The highest BCUT2D eigenvalue weighted by molar-refractivity contribution is 7.99. The number of hydrogen-bond donors (Lipinski definition) is 0. The molecule has 2 aromatic heterocycles. The van der Waals surface area contributed by atoms with E-state index in [1.54, 1.807) is 15.6 Å². The van der Waals surface area contributed by atoms with Crippen LogP contribution in [0.2, 0.25) is 4.34 Å². The molecule has 0 aliphatic carbocycles. The zero-order valence-electron chi connectivity index (χ0n) is 15.7. The van der Waals surface area contributed by atoms with E-state index in [1.807, 2.05) is 20.8 Å². The number of sulfonamides is 1. The molecule has 1 saturated heterocycles. The Bertz CT molecular complexity index is 944. The number of amides is 1. The highest BCUT2D eigenvalue weighted by atomic mass is 35.5. The Morgan fingerprint density at radius 3 is 2.50 bits per heavy atom. The summed E-state index contributed by atoms with van der Waals surface area (Å²) in [5, 5.41) is 12.2. The Morgan fingerprint density at radius 1 is 1.25 bits per heavy atom. The SMILES string of the molecule is CC(C)(C)n1nnnc1SCC(=O)N1CCN(S(=O)(=O)c2ccc(Cl)s2)CC1. The smallest absolute Gasteiger partial charge is 0.252 e. The molecule has 13 heteroatoms. The molecule has 1 fully saturated rings. The highest BCUT2D eigenvalue weighted by Crippen LogP contribution is 2.29. The number of nitrogens with zero attached hydrogens (tertiary/aromatic N) is 6. The summed E-state index contributed by atoms with van der Waals surface area (Å²) >= 11 is 8.17. The van der Waals surface area contributed by atoms with Gasteiger partial charge in [0.1, 0.15) is 4.21 Å². The molecular weight excluding hydrogens is 444 g/mol. The molecule has 1 amide bonds. The molecule has 2 aromatic rings. The molecule has 0 bridgehead atoms. The van der Waals surface area contributed by atoms with Gasteiger partial charge in [-0.25, -0.2) is 13.1 Å². The van der Waals surface area contributed by atoms with E-state index in [9.17, 15) is 13.2 Å². The van der Waals surface area contributed by atoms with E-state index in [0.717, 1.165) is 11.3 Å². The third-order valence-electron chi connectivity index (χ3n) is 4.14. The second-order valence-corrected chi connectivity index (χ2v) is 12.0. The molecule has 0 saturated carbocycles. The Morgan fingerprint density at radius 2 is 1.93 bits per heavy atom. The topological polar surface area (TPSA) is 101 Å². The van der Waals surface area contributed by atoms with Crippen molar-refractivity contribution < 1.29 is 13.2 Å². The van der Waals surface area contributed by atoms with Crippen molar-refractivity contribution in [3.63, 3.8) is 0 Å². The van der Waals surface area contributed by atoms with Crippen molar-refractivity contribution in [3.8, 4) is 0 Å². The number of tetrazole rings is 1. The minimum absolute atomic E-state index is 0.0651. The van der Waals surface area contributed by atoms with E-state index in [1.165, 1.54) is 22.1 Å². The van der Waals surface area contributed by atoms with Crippen LogP contribution in [-0.2, 0) is 20.4 Å². The van der Waals surface area contributed by atoms with Gasteiger partial charge in [-0.3, -0.25) is 4.79 Å². The zero-order valence-corrected chi connectivity index (χ0v) is 18.9. The largest absolute Gasteiger partial charge is 0.339 e. The van der Waals surface area contributed by atoms with Gasteiger partial charge in [-0.15, -0.1) is 16.4 Å². The fourth-order valence-electron chi connectivity index (χ4n) is 2.65. The summed E-state index contributed by atoms with van der Waals surface area (Å²) in [7, 11) is -3.57. The molecule has 0 atom stereocenters. The van der Waals surface area contributed by atoms with E-state index in [-0.39, 0.29) is 34.5 Å². The lowest BCUT2D eigenvalue weighted by molar-refractivity contribution is -0.129. The van der Waals surface area contributed by atoms with E-state index in [2.05, 4.69) is 15.5 Å². The maximum Gasteiger partial charge on any atom is 0.252 e. The van der Waals surface area contributed by atoms with Gasteiger partial charge in [0, 0.05) is 26.2 Å². The fraction of sp³-hybridized carbons (Fsp3) is 0.600. The number of piperazine rings is 1. The first kappa shape index (κ1) is 21.5. The van der Waals surface area contributed by atoms with Gasteiger partial charge in [0.2, 0.25) is 11.1 Å². The lowest BCUT2D eigenvalue weighted by atomic mass is 10.1. The van der Waals surface area contributed by atoms with Gasteiger partial charge in [0.15, 0.2) is 0 Å². The summed E-state index contributed by atoms with van der Waals surface area (Å²) < 4.78 is 29.0. The highest BCUT2D eigenvalue weighted by Gasteiger charge is 2.31. The molecule has 0 aromatic carbocycles. The summed E-state index contributed by atoms with van der Waals surface area (Å²) in [4.78, 5) is 14.2. The third kappa shape index (κ3) is 4.67. The number of hydrogen-bond acceptors (Lipinski definition) is 8. The predicted molar refractivity (Wildman–Crippen MR) is 108 cm³/mol. The van der Waals surface area contributed by atoms with Crippen LogP contribution in [0.5, 0.6) is 0 Å². The lowest BCUT2D eigenvalue weighted by Gasteiger charge is -2.33. The molecule has 1 aliphatic heterocycles. The van der Waals surface area contributed by atoms with Crippen LogP contribution in [0.15, 0.2) is 21.5 Å². The summed E-state index contributed by atoms with van der Waals surface area (Å²) in [6, 6.07) is 3.08. The Hall–Kier alpha value is -1.21. The van der Waals surface area contributed by atoms with Gasteiger partial charge >= 0.3 is 0 Å². The van der Waals surface area contributed by atoms with Crippen molar-refractivity contribution in [1.82, 2.24) is 29.4 Å². The summed E-state index contributed by atoms with van der Waals surface area (Å²) in [6.07, 6.45) is 0. The number of halogens is 1. The minimum atomic E-state index is -3.57. The van der Waals surface area contributed by atoms with Crippen LogP contribution in [0.1, 0.15) is 20.8 Å². The third-order valence-corrected chi connectivity index (χ3v) is 8.64. The van der Waals surface area contributed by atoms with Crippen molar-refractivity contribution in [1.29, 1.82) is 0 Å². The fourth-order valence-corrected chi connectivity index (χ4v) is 6.67. The van der Waals surface area contributed by atoms with Crippen LogP contribution < -0.4 is 0 Å². The molecule has 9 nitrogen and oxygen atoms in total. The molecule has 1 aliphatic rings. The van der Waals surface area contributed by atoms with Gasteiger partial charge in [-0.05, 0) is 43.3 Å². The van der Waals surface area contributed by atoms with Crippen LogP contribution >= 0.6 is 34.7 Å². The molecule has 0 unspecified atom stereocenters. The molecular formula is C15H21ClN6O3S3. The standard InChI is InChI=1S/C15H21ClN6O3S3/c1-15(2,3)22-14(17-18-19-22)26-10-12(23)20-6-8-21(9-7-20)28(24,25)13-5-4-11(16)27-13/h4-5H,6-10H2,1-3H3. The van der Waals surface area contributed by atoms with Crippen molar-refractivity contribution >= 4 is 50.6 Å². The molecule has 3 heterocycles. The van der Waals surface area contributed by atoms with Crippen LogP contribution in [-0.4, -0.2) is 75.7 Å². The van der Waals surface area contributed by atoms with Crippen LogP contribution in [0.4, 0.5) is 0 Å². The molecule has 3 rings (SSSR count). The van der Waals surface area contributed by atoms with E-state index >= 15 is 0 Å². The maximum atomic E-state index is 12.6. The number of aromatic nitrogens is 4. The Balaban J connectivity index is 1.55. The maximum absolute atomic E-state index is 12.6. The van der Waals surface area contributed by atoms with Crippen LogP contribution in [0.3, 0.4) is 0 Å². The Labute approximate surface area is 177 Å². The van der Waals surface area contributed by atoms with Crippen molar-refractivity contribution in [2.24, 2.45) is 0 Å². The normalized spacial score (nSPS) is 16.5. The van der Waals surface area contributed by atoms with E-state index in [0.29, 0.717) is 22.6 Å². The minimum Gasteiger partial charge on any atom is -0.339 e. The van der Waals surface area contributed by atoms with Crippen LogP contribution in [0, 0.1) is 0 Å². The molecule has 154 valence electrons. The summed E-state index contributed by atoms with van der Waals surface area (Å²) in [5.74, 6) is 0.133. The van der Waals surface area contributed by atoms with Gasteiger partial charge in [-0.1, -0.05) is 23.4 Å². The molecule has 0 N–H and O–H groups in total. The quantitative estimate of drug-likeness (QED) is 0.621. The molecule has 0 radical (unpaired) electrons. The Kier molecular flexibility index (Phi) is 6.35. The molecule has 0 spiro atoms. The number of thiophene rings is 1.